The van der Waals surface area contributed by atoms with Crippen molar-refractivity contribution < 1.29 is 9.34 Å². The average Bonchev–Trinajstić information content (AvgIpc) is 2.92. The van der Waals surface area contributed by atoms with Crippen LogP contribution in [0, 0.1) is 24.0 Å². The quantitative estimate of drug-likeness (QED) is 0.389. The number of benzene rings is 1. The first-order valence-electron chi connectivity index (χ1n) is 6.37. The molecule has 2 aromatic rings. The first-order valence-corrected chi connectivity index (χ1v) is 6.78. The number of rotatable bonds is 4. The number of aryl methyl sites for hydroxylation is 2. The summed E-state index contributed by atoms with van der Waals surface area (Å²) in [5, 5.41) is 17.7. The summed E-state index contributed by atoms with van der Waals surface area (Å²) in [5.41, 5.74) is 5.68. The summed E-state index contributed by atoms with van der Waals surface area (Å²) in [7, 11) is 0. The predicted octanol–water partition coefficient (Wildman–Crippen LogP) is 3.13. The first kappa shape index (κ1) is 15.6. The molecule has 0 saturated heterocycles. The maximum absolute atomic E-state index is 10.5. The Hall–Kier alpha value is -2.74. The topological polar surface area (TPSA) is 92.7 Å². The molecule has 1 aromatic heterocycles. The number of nitrogens with one attached hydrogen (secondary N) is 2. The Kier molecular flexibility index (Phi) is 4.84. The molecule has 0 unspecified atom stereocenters. The number of hydrazone groups is 1. The van der Waals surface area contributed by atoms with Crippen LogP contribution >= 0.6 is 12.2 Å². The minimum Gasteiger partial charge on any atom is -0.400 e. The molecule has 0 saturated carbocycles. The van der Waals surface area contributed by atoms with Crippen molar-refractivity contribution in [3.8, 4) is 0 Å². The summed E-state index contributed by atoms with van der Waals surface area (Å²) in [5.74, 6) is -0.0775. The number of hydrogen-bond donors (Lipinski definition) is 2. The fourth-order valence-corrected chi connectivity index (χ4v) is 1.85. The molecule has 0 amide bonds. The van der Waals surface area contributed by atoms with Crippen molar-refractivity contribution in [3.05, 3.63) is 57.3 Å². The number of anilines is 1. The van der Waals surface area contributed by atoms with Gasteiger partial charge in [-0.05, 0) is 49.3 Å². The molecule has 1 aromatic carbocycles. The summed E-state index contributed by atoms with van der Waals surface area (Å²) >= 11 is 5.13. The van der Waals surface area contributed by atoms with Gasteiger partial charge in [0, 0.05) is 5.69 Å². The van der Waals surface area contributed by atoms with Crippen LogP contribution in [0.2, 0.25) is 0 Å². The molecule has 0 aliphatic carbocycles. The monoisotopic (exact) mass is 318 g/mol. The SMILES string of the molecule is Cc1ccc(C)c(NC(=S)N/N=C/c2ccc([N+](=O)[O-])o2)c1. The van der Waals surface area contributed by atoms with Gasteiger partial charge in [0.05, 0.1) is 12.3 Å². The van der Waals surface area contributed by atoms with Gasteiger partial charge in [0.2, 0.25) is 0 Å². The molecule has 7 nitrogen and oxygen atoms in total. The van der Waals surface area contributed by atoms with Crippen LogP contribution in [0.3, 0.4) is 0 Å². The zero-order chi connectivity index (χ0) is 16.1. The summed E-state index contributed by atoms with van der Waals surface area (Å²) < 4.78 is 4.93. The third-order valence-corrected chi connectivity index (χ3v) is 2.99. The molecule has 2 rings (SSSR count). The molecule has 2 N–H and O–H groups in total. The largest absolute Gasteiger partial charge is 0.433 e. The van der Waals surface area contributed by atoms with Crippen LogP contribution in [0.5, 0.6) is 0 Å². The Morgan fingerprint density at radius 3 is 2.82 bits per heavy atom. The molecular formula is C14H14N4O3S. The minimum atomic E-state index is -0.614. The van der Waals surface area contributed by atoms with Crippen molar-refractivity contribution >= 4 is 35.1 Å². The van der Waals surface area contributed by atoms with Crippen molar-refractivity contribution in [1.29, 1.82) is 0 Å². The highest BCUT2D eigenvalue weighted by Gasteiger charge is 2.10. The Morgan fingerprint density at radius 2 is 2.14 bits per heavy atom. The first-order chi connectivity index (χ1) is 10.5. The second kappa shape index (κ2) is 6.81. The van der Waals surface area contributed by atoms with Gasteiger partial charge in [-0.3, -0.25) is 15.5 Å². The zero-order valence-corrected chi connectivity index (χ0v) is 12.8. The maximum Gasteiger partial charge on any atom is 0.433 e. The highest BCUT2D eigenvalue weighted by molar-refractivity contribution is 7.80. The van der Waals surface area contributed by atoms with Crippen LogP contribution < -0.4 is 10.7 Å². The molecule has 0 aliphatic rings. The summed E-state index contributed by atoms with van der Waals surface area (Å²) in [6.07, 6.45) is 1.31. The van der Waals surface area contributed by atoms with Crippen LogP contribution in [0.1, 0.15) is 16.9 Å². The normalized spacial score (nSPS) is 10.6. The maximum atomic E-state index is 10.5. The molecule has 1 heterocycles. The molecule has 0 spiro atoms. The molecule has 114 valence electrons. The van der Waals surface area contributed by atoms with E-state index in [9.17, 15) is 10.1 Å². The summed E-state index contributed by atoms with van der Waals surface area (Å²) in [6, 6.07) is 8.69. The standard InChI is InChI=1S/C14H14N4O3S/c1-9-3-4-10(2)12(7-9)16-14(22)17-15-8-11-5-6-13(21-11)18(19)20/h3-8H,1-2H3,(H2,16,17,22)/b15-8+. The summed E-state index contributed by atoms with van der Waals surface area (Å²) in [6.45, 7) is 3.96. The number of hydrogen-bond acceptors (Lipinski definition) is 5. The van der Waals surface area contributed by atoms with E-state index in [1.165, 1.54) is 18.3 Å². The van der Waals surface area contributed by atoms with Crippen molar-refractivity contribution in [2.24, 2.45) is 5.10 Å². The number of furan rings is 1. The lowest BCUT2D eigenvalue weighted by Crippen LogP contribution is -2.24. The molecule has 0 aliphatic heterocycles. The Bertz CT molecular complexity index is 739. The van der Waals surface area contributed by atoms with Crippen molar-refractivity contribution in [3.63, 3.8) is 0 Å². The van der Waals surface area contributed by atoms with E-state index >= 15 is 0 Å². The molecule has 0 fully saturated rings. The molecule has 0 bridgehead atoms. The smallest absolute Gasteiger partial charge is 0.400 e. The average molecular weight is 318 g/mol. The van der Waals surface area contributed by atoms with Gasteiger partial charge < -0.3 is 9.73 Å². The highest BCUT2D eigenvalue weighted by Crippen LogP contribution is 2.16. The fraction of sp³-hybridized carbons (Fsp3) is 0.143. The van der Waals surface area contributed by atoms with E-state index in [1.54, 1.807) is 0 Å². The second-order valence-corrected chi connectivity index (χ2v) is 4.98. The second-order valence-electron chi connectivity index (χ2n) is 4.58. The third-order valence-electron chi connectivity index (χ3n) is 2.79. The number of thiocarbonyl (C=S) groups is 1. The van der Waals surface area contributed by atoms with Gasteiger partial charge >= 0.3 is 5.88 Å². The molecule has 8 heteroatoms. The number of nitro groups is 1. The lowest BCUT2D eigenvalue weighted by Gasteiger charge is -2.10. The molecule has 22 heavy (non-hydrogen) atoms. The van der Waals surface area contributed by atoms with E-state index in [2.05, 4.69) is 15.8 Å². The third kappa shape index (κ3) is 4.13. The van der Waals surface area contributed by atoms with Gasteiger partial charge in [0.1, 0.15) is 4.92 Å². The van der Waals surface area contributed by atoms with Gasteiger partial charge in [-0.15, -0.1) is 0 Å². The Morgan fingerprint density at radius 1 is 1.36 bits per heavy atom. The van der Waals surface area contributed by atoms with Crippen LogP contribution in [-0.2, 0) is 0 Å². The molecule has 0 atom stereocenters. The van der Waals surface area contributed by atoms with Gasteiger partial charge in [-0.2, -0.15) is 5.10 Å². The minimum absolute atomic E-state index is 0.258. The van der Waals surface area contributed by atoms with E-state index in [4.69, 9.17) is 16.6 Å². The zero-order valence-electron chi connectivity index (χ0n) is 12.0. The van der Waals surface area contributed by atoms with E-state index in [0.717, 1.165) is 16.8 Å². The lowest BCUT2D eigenvalue weighted by atomic mass is 10.1. The molecule has 0 radical (unpaired) electrons. The van der Waals surface area contributed by atoms with Crippen LogP contribution in [-0.4, -0.2) is 16.3 Å². The van der Waals surface area contributed by atoms with Crippen molar-refractivity contribution in [1.82, 2.24) is 5.43 Å². The van der Waals surface area contributed by atoms with Gasteiger partial charge in [-0.1, -0.05) is 12.1 Å². The van der Waals surface area contributed by atoms with E-state index in [0.29, 0.717) is 5.11 Å². The highest BCUT2D eigenvalue weighted by atomic mass is 32.1. The summed E-state index contributed by atoms with van der Waals surface area (Å²) in [4.78, 5) is 9.87. The predicted molar refractivity (Wildman–Crippen MR) is 88.2 cm³/mol. The van der Waals surface area contributed by atoms with E-state index in [-0.39, 0.29) is 11.6 Å². The van der Waals surface area contributed by atoms with Crippen molar-refractivity contribution in [2.75, 3.05) is 5.32 Å². The van der Waals surface area contributed by atoms with Crippen LogP contribution in [0.15, 0.2) is 39.9 Å². The van der Waals surface area contributed by atoms with Gasteiger partial charge in [-0.25, -0.2) is 0 Å². The Balaban J connectivity index is 1.93. The van der Waals surface area contributed by atoms with Gasteiger partial charge in [0.15, 0.2) is 10.9 Å². The lowest BCUT2D eigenvalue weighted by molar-refractivity contribution is -0.402. The molecular weight excluding hydrogens is 304 g/mol. The van der Waals surface area contributed by atoms with Crippen LogP contribution in [0.4, 0.5) is 11.6 Å². The Labute approximate surface area is 132 Å². The van der Waals surface area contributed by atoms with E-state index < -0.39 is 4.92 Å². The number of nitrogens with zero attached hydrogens (tertiary/aromatic N) is 2. The van der Waals surface area contributed by atoms with E-state index in [1.807, 2.05) is 32.0 Å². The van der Waals surface area contributed by atoms with Gasteiger partial charge in [0.25, 0.3) is 0 Å². The fourth-order valence-electron chi connectivity index (χ4n) is 1.69. The van der Waals surface area contributed by atoms with Crippen LogP contribution in [0.25, 0.3) is 0 Å². The van der Waals surface area contributed by atoms with Crippen molar-refractivity contribution in [2.45, 2.75) is 13.8 Å².